The molecule has 0 atom stereocenters. The van der Waals surface area contributed by atoms with E-state index < -0.39 is 0 Å². The molecule has 2 aromatic rings. The highest BCUT2D eigenvalue weighted by atomic mass is 32.1. The summed E-state index contributed by atoms with van der Waals surface area (Å²) in [5.74, 6) is 0.699. The fraction of sp³-hybridized carbons (Fsp3) is 0.312. The lowest BCUT2D eigenvalue weighted by Crippen LogP contribution is -2.31. The first kappa shape index (κ1) is 13.9. The van der Waals surface area contributed by atoms with Crippen LogP contribution in [0.15, 0.2) is 35.7 Å². The van der Waals surface area contributed by atoms with Gasteiger partial charge < -0.3 is 15.0 Å². The molecule has 1 aliphatic rings. The lowest BCUT2D eigenvalue weighted by atomic mass is 10.1. The van der Waals surface area contributed by atoms with Gasteiger partial charge in [-0.25, -0.2) is 0 Å². The third-order valence-corrected chi connectivity index (χ3v) is 4.37. The Hall–Kier alpha value is -2.01. The molecule has 21 heavy (non-hydrogen) atoms. The zero-order valence-electron chi connectivity index (χ0n) is 12.0. The normalized spacial score (nSPS) is 13.0. The Morgan fingerprint density at radius 2 is 2.29 bits per heavy atom. The molecule has 2 heterocycles. The predicted octanol–water partition coefficient (Wildman–Crippen LogP) is 3.21. The van der Waals surface area contributed by atoms with Crippen molar-refractivity contribution < 1.29 is 9.53 Å². The Bertz CT molecular complexity index is 625. The lowest BCUT2D eigenvalue weighted by molar-refractivity contribution is 0.0749. The molecule has 1 amide bonds. The van der Waals surface area contributed by atoms with Gasteiger partial charge in [0.1, 0.15) is 6.61 Å². The maximum atomic E-state index is 12.8. The summed E-state index contributed by atoms with van der Waals surface area (Å²) in [5.41, 5.74) is 1.54. The van der Waals surface area contributed by atoms with Gasteiger partial charge in [-0.05, 0) is 30.5 Å². The van der Waals surface area contributed by atoms with Crippen molar-refractivity contribution in [1.82, 2.24) is 4.90 Å². The summed E-state index contributed by atoms with van der Waals surface area (Å²) >= 11 is 1.67. The Morgan fingerprint density at radius 1 is 1.38 bits per heavy atom. The summed E-state index contributed by atoms with van der Waals surface area (Å²) in [4.78, 5) is 15.8. The average Bonchev–Trinajstić information content (AvgIpc) is 3.04. The van der Waals surface area contributed by atoms with Gasteiger partial charge >= 0.3 is 0 Å². The quantitative estimate of drug-likeness (QED) is 0.943. The molecule has 0 radical (unpaired) electrons. The number of anilines is 1. The fourth-order valence-electron chi connectivity index (χ4n) is 2.43. The van der Waals surface area contributed by atoms with Gasteiger partial charge in [-0.2, -0.15) is 0 Å². The van der Waals surface area contributed by atoms with Gasteiger partial charge in [0.15, 0.2) is 5.75 Å². The maximum absolute atomic E-state index is 12.8. The zero-order chi connectivity index (χ0) is 14.7. The van der Waals surface area contributed by atoms with Crippen LogP contribution >= 0.6 is 11.3 Å². The number of benzene rings is 1. The number of para-hydroxylation sites is 1. The van der Waals surface area contributed by atoms with Crippen molar-refractivity contribution in [3.63, 3.8) is 0 Å². The van der Waals surface area contributed by atoms with Crippen LogP contribution in [0.25, 0.3) is 0 Å². The molecular weight excluding hydrogens is 284 g/mol. The number of nitrogens with zero attached hydrogens (tertiary/aromatic N) is 1. The van der Waals surface area contributed by atoms with E-state index >= 15 is 0 Å². The van der Waals surface area contributed by atoms with E-state index in [-0.39, 0.29) is 5.91 Å². The van der Waals surface area contributed by atoms with Crippen molar-refractivity contribution in [2.24, 2.45) is 0 Å². The van der Waals surface area contributed by atoms with E-state index in [1.165, 1.54) is 4.88 Å². The van der Waals surface area contributed by atoms with E-state index in [0.717, 1.165) is 12.2 Å². The molecule has 5 heteroatoms. The summed E-state index contributed by atoms with van der Waals surface area (Å²) in [5, 5.41) is 5.30. The van der Waals surface area contributed by atoms with Crippen molar-refractivity contribution >= 4 is 22.9 Å². The molecule has 4 nitrogen and oxygen atoms in total. The van der Waals surface area contributed by atoms with Gasteiger partial charge in [-0.3, -0.25) is 4.79 Å². The smallest absolute Gasteiger partial charge is 0.258 e. The Balaban J connectivity index is 1.86. The van der Waals surface area contributed by atoms with Crippen LogP contribution in [0.3, 0.4) is 0 Å². The number of ether oxygens (including phenoxy) is 1. The second kappa shape index (κ2) is 6.18. The van der Waals surface area contributed by atoms with Crippen LogP contribution in [0.1, 0.15) is 22.2 Å². The van der Waals surface area contributed by atoms with Gasteiger partial charge in [-0.15, -0.1) is 11.3 Å². The van der Waals surface area contributed by atoms with Crippen LogP contribution < -0.4 is 10.1 Å². The molecule has 0 bridgehead atoms. The molecule has 1 N–H and O–H groups in total. The minimum absolute atomic E-state index is 0.0199. The third-order valence-electron chi connectivity index (χ3n) is 3.51. The standard InChI is InChI=1S/C16H18N2O2S/c1-2-18(11-12-5-4-10-21-12)16(19)13-6-3-7-14-15(13)20-9-8-17-14/h3-7,10,17H,2,8-9,11H2,1H3. The second-order valence-electron chi connectivity index (χ2n) is 4.86. The highest BCUT2D eigenvalue weighted by molar-refractivity contribution is 7.09. The number of nitrogens with one attached hydrogen (secondary N) is 1. The van der Waals surface area contributed by atoms with Crippen molar-refractivity contribution in [2.45, 2.75) is 13.5 Å². The Kier molecular flexibility index (Phi) is 4.10. The molecule has 0 aliphatic carbocycles. The average molecular weight is 302 g/mol. The van der Waals surface area contributed by atoms with Crippen molar-refractivity contribution in [3.8, 4) is 5.75 Å². The van der Waals surface area contributed by atoms with Gasteiger partial charge in [0, 0.05) is 18.0 Å². The Morgan fingerprint density at radius 3 is 3.05 bits per heavy atom. The maximum Gasteiger partial charge on any atom is 0.258 e. The summed E-state index contributed by atoms with van der Waals surface area (Å²) in [6.07, 6.45) is 0. The SMILES string of the molecule is CCN(Cc1cccs1)C(=O)c1cccc2c1OCCN2. The number of thiophene rings is 1. The number of amides is 1. The lowest BCUT2D eigenvalue weighted by Gasteiger charge is -2.25. The van der Waals surface area contributed by atoms with Crippen molar-refractivity contribution in [1.29, 1.82) is 0 Å². The van der Waals surface area contributed by atoms with E-state index in [1.807, 2.05) is 41.5 Å². The van der Waals surface area contributed by atoms with Crippen LogP contribution in [0.4, 0.5) is 5.69 Å². The van der Waals surface area contributed by atoms with Crippen molar-refractivity contribution in [3.05, 3.63) is 46.2 Å². The first-order valence-electron chi connectivity index (χ1n) is 7.11. The van der Waals surface area contributed by atoms with Gasteiger partial charge in [0.2, 0.25) is 0 Å². The fourth-order valence-corrected chi connectivity index (χ4v) is 3.15. The van der Waals surface area contributed by atoms with Gasteiger partial charge in [0.05, 0.1) is 17.8 Å². The largest absolute Gasteiger partial charge is 0.489 e. The van der Waals surface area contributed by atoms with Crippen LogP contribution in [0, 0.1) is 0 Å². The number of rotatable bonds is 4. The number of carbonyl (C=O) groups excluding carboxylic acids is 1. The highest BCUT2D eigenvalue weighted by Gasteiger charge is 2.22. The third kappa shape index (κ3) is 2.88. The minimum Gasteiger partial charge on any atom is -0.489 e. The first-order valence-corrected chi connectivity index (χ1v) is 7.99. The van der Waals surface area contributed by atoms with E-state index in [9.17, 15) is 4.79 Å². The molecule has 0 saturated heterocycles. The Labute approximate surface area is 128 Å². The number of fused-ring (bicyclic) bond motifs is 1. The van der Waals surface area contributed by atoms with E-state index in [1.54, 1.807) is 11.3 Å². The van der Waals surface area contributed by atoms with E-state index in [2.05, 4.69) is 11.4 Å². The molecule has 0 spiro atoms. The van der Waals surface area contributed by atoms with Crippen LogP contribution in [0.2, 0.25) is 0 Å². The minimum atomic E-state index is 0.0199. The van der Waals surface area contributed by atoms with E-state index in [0.29, 0.717) is 31.0 Å². The number of hydrogen-bond acceptors (Lipinski definition) is 4. The molecular formula is C16H18N2O2S. The van der Waals surface area contributed by atoms with E-state index in [4.69, 9.17) is 4.74 Å². The summed E-state index contributed by atoms with van der Waals surface area (Å²) in [6.45, 7) is 4.68. The molecule has 1 aliphatic heterocycles. The van der Waals surface area contributed by atoms with Crippen LogP contribution in [0.5, 0.6) is 5.75 Å². The number of hydrogen-bond donors (Lipinski definition) is 1. The first-order chi connectivity index (χ1) is 10.3. The zero-order valence-corrected chi connectivity index (χ0v) is 12.8. The monoisotopic (exact) mass is 302 g/mol. The molecule has 3 rings (SSSR count). The topological polar surface area (TPSA) is 41.6 Å². The summed E-state index contributed by atoms with van der Waals surface area (Å²) in [6, 6.07) is 9.74. The predicted molar refractivity (Wildman–Crippen MR) is 85.2 cm³/mol. The molecule has 0 fully saturated rings. The molecule has 1 aromatic carbocycles. The summed E-state index contributed by atoms with van der Waals surface area (Å²) in [7, 11) is 0. The molecule has 0 unspecified atom stereocenters. The highest BCUT2D eigenvalue weighted by Crippen LogP contribution is 2.32. The van der Waals surface area contributed by atoms with Crippen LogP contribution in [-0.4, -0.2) is 30.5 Å². The molecule has 1 aromatic heterocycles. The molecule has 0 saturated carbocycles. The second-order valence-corrected chi connectivity index (χ2v) is 5.89. The summed E-state index contributed by atoms with van der Waals surface area (Å²) < 4.78 is 5.70. The molecule has 110 valence electrons. The van der Waals surface area contributed by atoms with Crippen LogP contribution in [-0.2, 0) is 6.54 Å². The number of carbonyl (C=O) groups is 1. The van der Waals surface area contributed by atoms with Gasteiger partial charge in [-0.1, -0.05) is 12.1 Å². The van der Waals surface area contributed by atoms with Gasteiger partial charge in [0.25, 0.3) is 5.91 Å². The van der Waals surface area contributed by atoms with Crippen molar-refractivity contribution in [2.75, 3.05) is 25.0 Å².